The SMILES string of the molecule is O=C(O)c1ccc2nc(C(F)(F)F)nc(N3CC(O)C(N4CCC5(CC4)Cc4cc(Cl)ccc4O5)C3)c2c1. The molecule has 2 aromatic carbocycles. The van der Waals surface area contributed by atoms with Gasteiger partial charge in [-0.05, 0) is 42.0 Å². The number of nitrogens with zero attached hydrogens (tertiary/aromatic N) is 4. The standard InChI is InChI=1S/C26H24ClF3N4O4/c27-16-2-4-21-15(9-16)11-25(38-21)5-7-33(8-6-25)19-12-34(13-20(19)35)22-17-10-14(23(36)37)1-3-18(17)31-24(32-22)26(28,29)30/h1-4,9-10,19-20,35H,5-8,11-13H2,(H,36,37). The van der Waals surface area contributed by atoms with Crippen LogP contribution in [0.3, 0.4) is 0 Å². The molecule has 38 heavy (non-hydrogen) atoms. The molecule has 6 rings (SSSR count). The molecule has 12 heteroatoms. The first-order valence-electron chi connectivity index (χ1n) is 12.3. The molecule has 200 valence electrons. The number of benzene rings is 2. The van der Waals surface area contributed by atoms with Crippen LogP contribution in [0.25, 0.3) is 10.9 Å². The number of carbonyl (C=O) groups is 1. The van der Waals surface area contributed by atoms with Crippen LogP contribution in [-0.4, -0.2) is 75.0 Å². The molecule has 0 radical (unpaired) electrons. The molecule has 3 aliphatic rings. The summed E-state index contributed by atoms with van der Waals surface area (Å²) in [5, 5.41) is 21.2. The zero-order valence-corrected chi connectivity index (χ0v) is 20.8. The van der Waals surface area contributed by atoms with Crippen molar-refractivity contribution in [1.29, 1.82) is 0 Å². The van der Waals surface area contributed by atoms with Crippen LogP contribution in [0.15, 0.2) is 36.4 Å². The van der Waals surface area contributed by atoms with Crippen molar-refractivity contribution in [3.63, 3.8) is 0 Å². The zero-order valence-electron chi connectivity index (χ0n) is 20.1. The van der Waals surface area contributed by atoms with Gasteiger partial charge >= 0.3 is 12.1 Å². The van der Waals surface area contributed by atoms with Crippen molar-refractivity contribution in [3.8, 4) is 5.75 Å². The predicted octanol–water partition coefficient (Wildman–Crippen LogP) is 4.02. The molecule has 2 saturated heterocycles. The van der Waals surface area contributed by atoms with Gasteiger partial charge in [-0.2, -0.15) is 13.2 Å². The van der Waals surface area contributed by atoms with E-state index in [4.69, 9.17) is 16.3 Å². The number of halogens is 4. The largest absolute Gasteiger partial charge is 0.487 e. The monoisotopic (exact) mass is 548 g/mol. The number of aliphatic hydroxyl groups excluding tert-OH is 1. The van der Waals surface area contributed by atoms with E-state index >= 15 is 0 Å². The van der Waals surface area contributed by atoms with E-state index in [1.54, 1.807) is 11.0 Å². The highest BCUT2D eigenvalue weighted by Gasteiger charge is 2.46. The van der Waals surface area contributed by atoms with E-state index in [0.717, 1.165) is 30.6 Å². The summed E-state index contributed by atoms with van der Waals surface area (Å²) in [6.07, 6.45) is -3.38. The number of hydrogen-bond acceptors (Lipinski definition) is 7. The van der Waals surface area contributed by atoms with Gasteiger partial charge in [0.1, 0.15) is 17.2 Å². The third-order valence-electron chi connectivity index (χ3n) is 7.77. The molecule has 8 nitrogen and oxygen atoms in total. The molecular formula is C26H24ClF3N4O4. The second kappa shape index (κ2) is 8.96. The number of hydrogen-bond donors (Lipinski definition) is 2. The van der Waals surface area contributed by atoms with Gasteiger partial charge in [-0.15, -0.1) is 0 Å². The van der Waals surface area contributed by atoms with Crippen LogP contribution in [0.4, 0.5) is 19.0 Å². The normalized spacial score (nSPS) is 23.1. The number of aliphatic hydroxyl groups is 1. The summed E-state index contributed by atoms with van der Waals surface area (Å²) in [4.78, 5) is 22.7. The molecule has 0 aliphatic carbocycles. The van der Waals surface area contributed by atoms with Gasteiger partial charge in [0, 0.05) is 55.9 Å². The molecule has 0 bridgehead atoms. The first-order chi connectivity index (χ1) is 18.0. The van der Waals surface area contributed by atoms with Crippen LogP contribution in [-0.2, 0) is 12.6 Å². The van der Waals surface area contributed by atoms with Crippen LogP contribution < -0.4 is 9.64 Å². The van der Waals surface area contributed by atoms with Crippen molar-refractivity contribution >= 4 is 34.3 Å². The maximum absolute atomic E-state index is 13.6. The highest BCUT2D eigenvalue weighted by Crippen LogP contribution is 2.43. The van der Waals surface area contributed by atoms with Gasteiger partial charge in [0.25, 0.3) is 0 Å². The number of aromatic nitrogens is 2. The highest BCUT2D eigenvalue weighted by molar-refractivity contribution is 6.30. The van der Waals surface area contributed by atoms with Gasteiger partial charge in [-0.25, -0.2) is 14.8 Å². The van der Waals surface area contributed by atoms with Crippen LogP contribution in [0.5, 0.6) is 5.75 Å². The Balaban J connectivity index is 1.23. The fourth-order valence-corrected chi connectivity index (χ4v) is 6.05. The van der Waals surface area contributed by atoms with E-state index in [9.17, 15) is 28.2 Å². The van der Waals surface area contributed by atoms with Crippen molar-refractivity contribution < 1.29 is 32.9 Å². The molecule has 1 aromatic heterocycles. The molecule has 0 saturated carbocycles. The molecule has 3 aromatic rings. The lowest BCUT2D eigenvalue weighted by Crippen LogP contribution is -2.53. The summed E-state index contributed by atoms with van der Waals surface area (Å²) in [5.74, 6) is -1.71. The number of carboxylic acids is 1. The van der Waals surface area contributed by atoms with Gasteiger partial charge in [0.05, 0.1) is 23.2 Å². The summed E-state index contributed by atoms with van der Waals surface area (Å²) < 4.78 is 47.1. The van der Waals surface area contributed by atoms with Crippen molar-refractivity contribution in [3.05, 3.63) is 58.4 Å². The fraction of sp³-hybridized carbons (Fsp3) is 0.423. The summed E-state index contributed by atoms with van der Waals surface area (Å²) in [6, 6.07) is 9.02. The number of β-amino-alcohol motifs (C(OH)–C–C–N with tert-alkyl or cyclic N) is 1. The minimum atomic E-state index is -4.78. The molecular weight excluding hydrogens is 525 g/mol. The van der Waals surface area contributed by atoms with Crippen LogP contribution in [0.1, 0.15) is 34.6 Å². The third kappa shape index (κ3) is 4.42. The van der Waals surface area contributed by atoms with Crippen LogP contribution >= 0.6 is 11.6 Å². The minimum Gasteiger partial charge on any atom is -0.487 e. The van der Waals surface area contributed by atoms with Crippen molar-refractivity contribution in [2.24, 2.45) is 0 Å². The van der Waals surface area contributed by atoms with Crippen LogP contribution in [0.2, 0.25) is 5.02 Å². The Kier molecular flexibility index (Phi) is 5.93. The van der Waals surface area contributed by atoms with Crippen LogP contribution in [0, 0.1) is 0 Å². The lowest BCUT2D eigenvalue weighted by Gasteiger charge is -2.41. The number of anilines is 1. The van der Waals surface area contributed by atoms with Gasteiger partial charge in [-0.3, -0.25) is 4.90 Å². The first kappa shape index (κ1) is 25.1. The Morgan fingerprint density at radius 2 is 1.87 bits per heavy atom. The Bertz CT molecular complexity index is 1430. The summed E-state index contributed by atoms with van der Waals surface area (Å²) in [6.45, 7) is 1.61. The number of fused-ring (bicyclic) bond motifs is 2. The third-order valence-corrected chi connectivity index (χ3v) is 8.01. The van der Waals surface area contributed by atoms with Gasteiger partial charge in [-0.1, -0.05) is 11.6 Å². The average molecular weight is 549 g/mol. The summed E-state index contributed by atoms with van der Waals surface area (Å²) >= 11 is 6.14. The molecule has 3 aliphatic heterocycles. The van der Waals surface area contributed by atoms with Crippen molar-refractivity contribution in [2.75, 3.05) is 31.1 Å². The van der Waals surface area contributed by atoms with Gasteiger partial charge < -0.3 is 19.8 Å². The number of aromatic carboxylic acids is 1. The lowest BCUT2D eigenvalue weighted by molar-refractivity contribution is -0.144. The molecule has 2 unspecified atom stereocenters. The van der Waals surface area contributed by atoms with E-state index in [0.29, 0.717) is 18.1 Å². The fourth-order valence-electron chi connectivity index (χ4n) is 5.86. The zero-order chi connectivity index (χ0) is 26.8. The van der Waals surface area contributed by atoms with E-state index in [1.165, 1.54) is 18.2 Å². The molecule has 1 spiro atoms. The van der Waals surface area contributed by atoms with E-state index in [2.05, 4.69) is 14.9 Å². The number of piperidine rings is 1. The van der Waals surface area contributed by atoms with E-state index in [-0.39, 0.29) is 47.0 Å². The van der Waals surface area contributed by atoms with Crippen molar-refractivity contribution in [1.82, 2.24) is 14.9 Å². The number of alkyl halides is 3. The summed E-state index contributed by atoms with van der Waals surface area (Å²) in [5.41, 5.74) is 0.654. The second-order valence-electron chi connectivity index (χ2n) is 10.2. The van der Waals surface area contributed by atoms with Crippen molar-refractivity contribution in [2.45, 2.75) is 43.2 Å². The van der Waals surface area contributed by atoms with E-state index in [1.807, 2.05) is 12.1 Å². The number of likely N-dealkylation sites (tertiary alicyclic amines) is 1. The first-order valence-corrected chi connectivity index (χ1v) is 12.7. The molecule has 2 N–H and O–H groups in total. The Hall–Kier alpha value is -3.15. The summed E-state index contributed by atoms with van der Waals surface area (Å²) in [7, 11) is 0. The lowest BCUT2D eigenvalue weighted by atomic mass is 9.86. The molecule has 4 heterocycles. The number of ether oxygens (including phenoxy) is 1. The Morgan fingerprint density at radius 3 is 2.58 bits per heavy atom. The smallest absolute Gasteiger partial charge is 0.451 e. The van der Waals surface area contributed by atoms with Gasteiger partial charge in [0.2, 0.25) is 5.82 Å². The molecule has 2 atom stereocenters. The molecule has 0 amide bonds. The quantitative estimate of drug-likeness (QED) is 0.506. The maximum atomic E-state index is 13.6. The number of carboxylic acid groups (broad SMARTS) is 1. The average Bonchev–Trinajstić information content (AvgIpc) is 3.42. The topological polar surface area (TPSA) is 99.0 Å². The Labute approximate surface area is 220 Å². The highest BCUT2D eigenvalue weighted by atomic mass is 35.5. The van der Waals surface area contributed by atoms with Gasteiger partial charge in [0.15, 0.2) is 0 Å². The molecule has 2 fully saturated rings. The predicted molar refractivity (Wildman–Crippen MR) is 133 cm³/mol. The second-order valence-corrected chi connectivity index (χ2v) is 10.6. The minimum absolute atomic E-state index is 0.0109. The number of rotatable bonds is 3. The maximum Gasteiger partial charge on any atom is 0.451 e. The van der Waals surface area contributed by atoms with E-state index < -0.39 is 24.1 Å². The Morgan fingerprint density at radius 1 is 1.11 bits per heavy atom.